The van der Waals surface area contributed by atoms with Gasteiger partial charge in [0.15, 0.2) is 5.65 Å². The second-order valence-corrected chi connectivity index (χ2v) is 9.99. The first kappa shape index (κ1) is 22.1. The Morgan fingerprint density at radius 2 is 1.76 bits per heavy atom. The predicted molar refractivity (Wildman–Crippen MR) is 135 cm³/mol. The number of imidazole rings is 1. The molecule has 4 heterocycles. The minimum Gasteiger partial charge on any atom is -0.347 e. The van der Waals surface area contributed by atoms with Crippen LogP contribution in [0.3, 0.4) is 0 Å². The van der Waals surface area contributed by atoms with E-state index in [1.165, 1.54) is 11.1 Å². The molecule has 0 bridgehead atoms. The molecule has 0 amide bonds. The number of hydrogen-bond acceptors (Lipinski definition) is 7. The molecule has 1 saturated heterocycles. The van der Waals surface area contributed by atoms with Gasteiger partial charge in [0.1, 0.15) is 5.82 Å². The van der Waals surface area contributed by atoms with Gasteiger partial charge < -0.3 is 19.7 Å². The van der Waals surface area contributed by atoms with Gasteiger partial charge in [-0.25, -0.2) is 4.98 Å². The summed E-state index contributed by atoms with van der Waals surface area (Å²) in [6, 6.07) is 4.70. The first-order valence-corrected chi connectivity index (χ1v) is 12.2. The summed E-state index contributed by atoms with van der Waals surface area (Å²) >= 11 is 3.59. The average molecular weight is 512 g/mol. The fraction of sp³-hybridized carbons (Fsp3) is 0.478. The van der Waals surface area contributed by atoms with Gasteiger partial charge in [-0.3, -0.25) is 0 Å². The van der Waals surface area contributed by atoms with E-state index >= 15 is 0 Å². The Hall–Kier alpha value is -2.72. The number of nitrogens with one attached hydrogen (secondary N) is 1. The summed E-state index contributed by atoms with van der Waals surface area (Å²) in [7, 11) is 2.14. The minimum absolute atomic E-state index is 0.291. The van der Waals surface area contributed by atoms with Crippen LogP contribution in [0.4, 0.5) is 11.9 Å². The van der Waals surface area contributed by atoms with Crippen molar-refractivity contribution in [1.29, 1.82) is 0 Å². The van der Waals surface area contributed by atoms with Gasteiger partial charge in [0, 0.05) is 32.2 Å². The summed E-state index contributed by atoms with van der Waals surface area (Å²) < 4.78 is 4.90. The van der Waals surface area contributed by atoms with E-state index in [1.54, 1.807) is 10.7 Å². The van der Waals surface area contributed by atoms with Crippen molar-refractivity contribution in [2.45, 2.75) is 40.3 Å². The highest BCUT2D eigenvalue weighted by Gasteiger charge is 2.21. The molecule has 5 rings (SSSR count). The van der Waals surface area contributed by atoms with E-state index in [0.717, 1.165) is 59.1 Å². The number of rotatable bonds is 5. The van der Waals surface area contributed by atoms with Crippen molar-refractivity contribution in [3.05, 3.63) is 39.8 Å². The molecular weight excluding hydrogens is 482 g/mol. The molecule has 0 spiro atoms. The molecule has 1 N–H and O–H groups in total. The highest BCUT2D eigenvalue weighted by Crippen LogP contribution is 2.26. The van der Waals surface area contributed by atoms with Crippen LogP contribution < -0.4 is 10.2 Å². The van der Waals surface area contributed by atoms with Gasteiger partial charge in [0.25, 0.3) is 0 Å². The summed E-state index contributed by atoms with van der Waals surface area (Å²) in [6.07, 6.45) is 1.76. The number of hydrogen-bond donors (Lipinski definition) is 1. The summed E-state index contributed by atoms with van der Waals surface area (Å²) in [5.41, 5.74) is 5.48. The van der Waals surface area contributed by atoms with Crippen LogP contribution in [0.1, 0.15) is 36.8 Å². The van der Waals surface area contributed by atoms with Gasteiger partial charge in [0.2, 0.25) is 11.9 Å². The lowest BCUT2D eigenvalue weighted by Crippen LogP contribution is -2.45. The molecule has 0 radical (unpaired) electrons. The molecule has 10 heteroatoms. The molecule has 0 unspecified atom stereocenters. The van der Waals surface area contributed by atoms with Gasteiger partial charge >= 0.3 is 0 Å². The molecular formula is C23H30BrN9. The lowest BCUT2D eigenvalue weighted by molar-refractivity contribution is 0.311. The van der Waals surface area contributed by atoms with Crippen molar-refractivity contribution < 1.29 is 0 Å². The van der Waals surface area contributed by atoms with Crippen molar-refractivity contribution in [1.82, 2.24) is 34.0 Å². The monoisotopic (exact) mass is 511 g/mol. The SMILES string of the molecule is Cc1cc2nc(CNc3nc(N4CCN(C)CC4)nc4c(Br)cnn34)n(C(C)C)c2cc1C. The Kier molecular flexibility index (Phi) is 5.74. The maximum absolute atomic E-state index is 4.96. The van der Waals surface area contributed by atoms with Crippen LogP contribution in [0, 0.1) is 13.8 Å². The standard InChI is InChI=1S/C23H30BrN9/c1-14(2)32-19-11-16(4)15(3)10-18(19)27-20(32)13-25-22-29-23(31-8-6-30(5)7-9-31)28-21-17(24)12-26-33(21)22/h10-12,14H,6-9,13H2,1-5H3,(H,25,28,29). The molecule has 9 nitrogen and oxygen atoms in total. The number of likely N-dealkylation sites (N-methyl/N-ethyl adjacent to an activating group) is 1. The summed E-state index contributed by atoms with van der Waals surface area (Å²) in [6.45, 7) is 13.0. The number of piperazine rings is 1. The van der Waals surface area contributed by atoms with E-state index in [0.29, 0.717) is 18.5 Å². The number of anilines is 2. The van der Waals surface area contributed by atoms with Crippen LogP contribution >= 0.6 is 15.9 Å². The van der Waals surface area contributed by atoms with E-state index in [4.69, 9.17) is 15.0 Å². The van der Waals surface area contributed by atoms with Gasteiger partial charge in [-0.1, -0.05) is 0 Å². The number of fused-ring (bicyclic) bond motifs is 2. The average Bonchev–Trinajstić information content (AvgIpc) is 3.33. The minimum atomic E-state index is 0.291. The van der Waals surface area contributed by atoms with Crippen LogP contribution in [0.2, 0.25) is 0 Å². The number of benzene rings is 1. The maximum Gasteiger partial charge on any atom is 0.230 e. The second-order valence-electron chi connectivity index (χ2n) is 9.14. The van der Waals surface area contributed by atoms with E-state index in [2.05, 4.69) is 87.6 Å². The Labute approximate surface area is 202 Å². The third-order valence-electron chi connectivity index (χ3n) is 6.40. The van der Waals surface area contributed by atoms with Crippen LogP contribution in [0.25, 0.3) is 16.7 Å². The highest BCUT2D eigenvalue weighted by molar-refractivity contribution is 9.10. The third-order valence-corrected chi connectivity index (χ3v) is 6.96. The first-order valence-electron chi connectivity index (χ1n) is 11.4. The Morgan fingerprint density at radius 1 is 1.03 bits per heavy atom. The zero-order valence-corrected chi connectivity index (χ0v) is 21.4. The van der Waals surface area contributed by atoms with Crippen molar-refractivity contribution in [2.75, 3.05) is 43.4 Å². The molecule has 0 atom stereocenters. The number of nitrogens with zero attached hydrogens (tertiary/aromatic N) is 8. The molecule has 1 aliphatic rings. The van der Waals surface area contributed by atoms with Crippen LogP contribution in [0.15, 0.2) is 22.8 Å². The predicted octanol–water partition coefficient (Wildman–Crippen LogP) is 3.80. The molecule has 174 valence electrons. The largest absolute Gasteiger partial charge is 0.347 e. The second kappa shape index (κ2) is 8.57. The van der Waals surface area contributed by atoms with Gasteiger partial charge in [-0.2, -0.15) is 19.6 Å². The molecule has 1 aliphatic heterocycles. The molecule has 1 fully saturated rings. The topological polar surface area (TPSA) is 79.4 Å². The van der Waals surface area contributed by atoms with Crippen LogP contribution in [0.5, 0.6) is 0 Å². The molecule has 33 heavy (non-hydrogen) atoms. The zero-order chi connectivity index (χ0) is 23.3. The summed E-state index contributed by atoms with van der Waals surface area (Å²) in [4.78, 5) is 19.2. The van der Waals surface area contributed by atoms with Crippen LogP contribution in [-0.4, -0.2) is 67.3 Å². The van der Waals surface area contributed by atoms with Crippen molar-refractivity contribution in [3.63, 3.8) is 0 Å². The van der Waals surface area contributed by atoms with Gasteiger partial charge in [0.05, 0.1) is 28.2 Å². The molecule has 3 aromatic heterocycles. The molecule has 4 aromatic rings. The van der Waals surface area contributed by atoms with E-state index in [9.17, 15) is 0 Å². The quantitative estimate of drug-likeness (QED) is 0.436. The number of aryl methyl sites for hydroxylation is 2. The molecule has 0 aliphatic carbocycles. The first-order chi connectivity index (χ1) is 15.8. The summed E-state index contributed by atoms with van der Waals surface area (Å²) in [5.74, 6) is 2.36. The van der Waals surface area contributed by atoms with E-state index in [-0.39, 0.29) is 0 Å². The van der Waals surface area contributed by atoms with Crippen molar-refractivity contribution in [3.8, 4) is 0 Å². The normalized spacial score (nSPS) is 15.3. The van der Waals surface area contributed by atoms with Gasteiger partial charge in [-0.05, 0) is 73.9 Å². The van der Waals surface area contributed by atoms with Crippen molar-refractivity contribution >= 4 is 44.5 Å². The molecule has 1 aromatic carbocycles. The zero-order valence-electron chi connectivity index (χ0n) is 19.8. The van der Waals surface area contributed by atoms with Gasteiger partial charge in [-0.15, -0.1) is 0 Å². The Morgan fingerprint density at radius 3 is 2.48 bits per heavy atom. The van der Waals surface area contributed by atoms with Crippen LogP contribution in [-0.2, 0) is 6.54 Å². The maximum atomic E-state index is 4.96. The van der Waals surface area contributed by atoms with Crippen molar-refractivity contribution in [2.24, 2.45) is 0 Å². The Bertz CT molecular complexity index is 1310. The highest BCUT2D eigenvalue weighted by atomic mass is 79.9. The number of aromatic nitrogens is 6. The fourth-order valence-electron chi connectivity index (χ4n) is 4.36. The summed E-state index contributed by atoms with van der Waals surface area (Å²) in [5, 5.41) is 7.98. The lowest BCUT2D eigenvalue weighted by atomic mass is 10.1. The smallest absolute Gasteiger partial charge is 0.230 e. The Balaban J connectivity index is 1.51. The van der Waals surface area contributed by atoms with E-state index < -0.39 is 0 Å². The van der Waals surface area contributed by atoms with E-state index in [1.807, 2.05) is 0 Å². The lowest BCUT2D eigenvalue weighted by Gasteiger charge is -2.32. The third kappa shape index (κ3) is 4.06. The molecule has 0 saturated carbocycles. The number of halogens is 1. The fourth-order valence-corrected chi connectivity index (χ4v) is 4.71.